The Labute approximate surface area is 135 Å². The predicted molar refractivity (Wildman–Crippen MR) is 88.3 cm³/mol. The Morgan fingerprint density at radius 3 is 2.37 bits per heavy atom. The van der Waals surface area contributed by atoms with Gasteiger partial charge in [-0.2, -0.15) is 0 Å². The quantitative estimate of drug-likeness (QED) is 0.500. The average molecular weight is 400 g/mol. The monoisotopic (exact) mass is 398 g/mol. The van der Waals surface area contributed by atoms with Crippen molar-refractivity contribution in [3.63, 3.8) is 0 Å². The van der Waals surface area contributed by atoms with Crippen molar-refractivity contribution < 1.29 is 9.47 Å². The number of methoxy groups -OCH3 is 1. The second-order valence-electron chi connectivity index (χ2n) is 5.70. The van der Waals surface area contributed by atoms with E-state index in [9.17, 15) is 0 Å². The molecular formula is C15H28Br2O2. The molecule has 114 valence electrons. The molecule has 0 radical (unpaired) electrons. The molecule has 2 nitrogen and oxygen atoms in total. The highest BCUT2D eigenvalue weighted by Gasteiger charge is 2.39. The van der Waals surface area contributed by atoms with Gasteiger partial charge in [-0.05, 0) is 38.5 Å². The van der Waals surface area contributed by atoms with Crippen LogP contribution in [0, 0.1) is 11.3 Å². The van der Waals surface area contributed by atoms with E-state index in [0.717, 1.165) is 38.6 Å². The van der Waals surface area contributed by atoms with Crippen LogP contribution in [-0.4, -0.2) is 30.7 Å². The summed E-state index contributed by atoms with van der Waals surface area (Å²) in [4.78, 5) is 0. The Bertz CT molecular complexity index is 230. The summed E-state index contributed by atoms with van der Waals surface area (Å²) < 4.78 is 11.8. The molecule has 0 spiro atoms. The van der Waals surface area contributed by atoms with Crippen LogP contribution in [0.2, 0.25) is 0 Å². The van der Waals surface area contributed by atoms with Gasteiger partial charge < -0.3 is 9.47 Å². The third-order valence-corrected chi connectivity index (χ3v) is 5.27. The molecule has 1 aliphatic rings. The van der Waals surface area contributed by atoms with Crippen LogP contribution in [0.1, 0.15) is 51.9 Å². The summed E-state index contributed by atoms with van der Waals surface area (Å²) in [5.41, 5.74) is 0.199. The summed E-state index contributed by atoms with van der Waals surface area (Å²) in [6, 6.07) is 0. The molecule has 4 heteroatoms. The zero-order chi connectivity index (χ0) is 14.1. The maximum absolute atomic E-state index is 5.83. The Balaban J connectivity index is 2.74. The lowest BCUT2D eigenvalue weighted by atomic mass is 9.67. The van der Waals surface area contributed by atoms with E-state index < -0.39 is 0 Å². The fourth-order valence-corrected chi connectivity index (χ4v) is 3.79. The molecule has 0 aromatic rings. The molecule has 0 saturated heterocycles. The molecule has 0 amide bonds. The van der Waals surface area contributed by atoms with E-state index in [4.69, 9.17) is 9.47 Å². The van der Waals surface area contributed by atoms with E-state index in [-0.39, 0.29) is 5.41 Å². The van der Waals surface area contributed by atoms with Gasteiger partial charge in [0.15, 0.2) is 0 Å². The maximum Gasteiger partial charge on any atom is 0.0698 e. The van der Waals surface area contributed by atoms with E-state index in [1.807, 2.05) is 7.11 Å². The topological polar surface area (TPSA) is 18.5 Å². The first-order valence-corrected chi connectivity index (χ1v) is 9.32. The molecule has 1 fully saturated rings. The van der Waals surface area contributed by atoms with Crippen molar-refractivity contribution in [3.8, 4) is 0 Å². The van der Waals surface area contributed by atoms with Gasteiger partial charge in [-0.15, -0.1) is 0 Å². The molecule has 0 aromatic heterocycles. The minimum absolute atomic E-state index is 0.199. The first-order valence-electron chi connectivity index (χ1n) is 7.49. The number of rotatable bonds is 9. The zero-order valence-electron chi connectivity index (χ0n) is 12.3. The Morgan fingerprint density at radius 2 is 1.84 bits per heavy atom. The molecule has 0 aromatic carbocycles. The maximum atomic E-state index is 5.83. The Kier molecular flexibility index (Phi) is 9.20. The Morgan fingerprint density at radius 1 is 1.16 bits per heavy atom. The van der Waals surface area contributed by atoms with E-state index in [0.29, 0.717) is 3.74 Å². The molecule has 19 heavy (non-hydrogen) atoms. The lowest BCUT2D eigenvalue weighted by Gasteiger charge is -2.42. The van der Waals surface area contributed by atoms with Gasteiger partial charge in [0.25, 0.3) is 0 Å². The van der Waals surface area contributed by atoms with Gasteiger partial charge in [0.05, 0.1) is 17.0 Å². The third-order valence-electron chi connectivity index (χ3n) is 4.36. The van der Waals surface area contributed by atoms with Gasteiger partial charge in [-0.1, -0.05) is 51.1 Å². The van der Waals surface area contributed by atoms with Crippen LogP contribution < -0.4 is 0 Å². The first-order chi connectivity index (χ1) is 9.14. The SMILES string of the molecule is CCOCC(CCC(Br)Br)(COC)C1CCCCC1. The van der Waals surface area contributed by atoms with Crippen molar-refractivity contribution in [1.82, 2.24) is 0 Å². The van der Waals surface area contributed by atoms with Gasteiger partial charge in [0, 0.05) is 19.1 Å². The summed E-state index contributed by atoms with van der Waals surface area (Å²) >= 11 is 7.21. The fraction of sp³-hybridized carbons (Fsp3) is 1.00. The van der Waals surface area contributed by atoms with Gasteiger partial charge in [-0.25, -0.2) is 0 Å². The normalized spacial score (nSPS) is 20.7. The van der Waals surface area contributed by atoms with Gasteiger partial charge in [-0.3, -0.25) is 0 Å². The fourth-order valence-electron chi connectivity index (χ4n) is 3.33. The molecule has 0 aliphatic heterocycles. The molecule has 0 heterocycles. The average Bonchev–Trinajstić information content (AvgIpc) is 2.43. The molecule has 1 saturated carbocycles. The van der Waals surface area contributed by atoms with Crippen molar-refractivity contribution in [1.29, 1.82) is 0 Å². The van der Waals surface area contributed by atoms with E-state index >= 15 is 0 Å². The van der Waals surface area contributed by atoms with Crippen LogP contribution >= 0.6 is 31.9 Å². The highest BCUT2D eigenvalue weighted by Crippen LogP contribution is 2.43. The first kappa shape index (κ1) is 17.9. The summed E-state index contributed by atoms with van der Waals surface area (Å²) in [6.45, 7) is 4.54. The number of hydrogen-bond donors (Lipinski definition) is 0. The Hall–Kier alpha value is 0.880. The molecule has 1 rings (SSSR count). The number of hydrogen-bond acceptors (Lipinski definition) is 2. The van der Waals surface area contributed by atoms with Crippen LogP contribution in [-0.2, 0) is 9.47 Å². The molecule has 1 unspecified atom stereocenters. The minimum Gasteiger partial charge on any atom is -0.384 e. The molecule has 0 bridgehead atoms. The number of ether oxygens (including phenoxy) is 2. The van der Waals surface area contributed by atoms with Crippen molar-refractivity contribution in [2.24, 2.45) is 11.3 Å². The van der Waals surface area contributed by atoms with E-state index in [1.54, 1.807) is 0 Å². The zero-order valence-corrected chi connectivity index (χ0v) is 15.5. The molecular weight excluding hydrogens is 372 g/mol. The van der Waals surface area contributed by atoms with Crippen LogP contribution in [0.3, 0.4) is 0 Å². The van der Waals surface area contributed by atoms with Crippen molar-refractivity contribution in [2.75, 3.05) is 26.9 Å². The van der Waals surface area contributed by atoms with Crippen molar-refractivity contribution >= 4 is 31.9 Å². The number of alkyl halides is 2. The lowest BCUT2D eigenvalue weighted by molar-refractivity contribution is -0.0566. The van der Waals surface area contributed by atoms with Gasteiger partial charge in [0.1, 0.15) is 0 Å². The van der Waals surface area contributed by atoms with Crippen LogP contribution in [0.5, 0.6) is 0 Å². The summed E-state index contributed by atoms with van der Waals surface area (Å²) in [7, 11) is 1.82. The van der Waals surface area contributed by atoms with Crippen molar-refractivity contribution in [3.05, 3.63) is 0 Å². The van der Waals surface area contributed by atoms with Crippen molar-refractivity contribution in [2.45, 2.75) is 55.6 Å². The van der Waals surface area contributed by atoms with Crippen LogP contribution in [0.25, 0.3) is 0 Å². The number of halogens is 2. The van der Waals surface area contributed by atoms with Crippen LogP contribution in [0.15, 0.2) is 0 Å². The smallest absolute Gasteiger partial charge is 0.0698 e. The van der Waals surface area contributed by atoms with Crippen LogP contribution in [0.4, 0.5) is 0 Å². The molecule has 1 atom stereocenters. The van der Waals surface area contributed by atoms with Gasteiger partial charge >= 0.3 is 0 Å². The largest absolute Gasteiger partial charge is 0.384 e. The third kappa shape index (κ3) is 6.03. The predicted octanol–water partition coefficient (Wildman–Crippen LogP) is 5.13. The lowest BCUT2D eigenvalue weighted by Crippen LogP contribution is -2.41. The standard InChI is InChI=1S/C15H28Br2O2/c1-3-19-12-15(11-18-2,10-9-14(16)17)13-7-5-4-6-8-13/h13-14H,3-12H2,1-2H3. The molecule has 1 aliphatic carbocycles. The van der Waals surface area contributed by atoms with Gasteiger partial charge in [0.2, 0.25) is 0 Å². The molecule has 0 N–H and O–H groups in total. The summed E-state index contributed by atoms with van der Waals surface area (Å²) in [5.74, 6) is 0.756. The summed E-state index contributed by atoms with van der Waals surface area (Å²) in [5, 5.41) is 0. The highest BCUT2D eigenvalue weighted by atomic mass is 79.9. The van der Waals surface area contributed by atoms with E-state index in [1.165, 1.54) is 32.1 Å². The second-order valence-corrected chi connectivity index (χ2v) is 9.14. The van der Waals surface area contributed by atoms with E-state index in [2.05, 4.69) is 38.8 Å². The summed E-state index contributed by atoms with van der Waals surface area (Å²) in [6.07, 6.45) is 9.09. The minimum atomic E-state index is 0.199. The highest BCUT2D eigenvalue weighted by molar-refractivity contribution is 9.24. The second kappa shape index (κ2) is 9.75.